The topological polar surface area (TPSA) is 44.1 Å². The van der Waals surface area contributed by atoms with Crippen LogP contribution in [0.5, 0.6) is 0 Å². The van der Waals surface area contributed by atoms with E-state index >= 15 is 0 Å². The number of hydrogen-bond acceptors (Lipinski definition) is 3. The van der Waals surface area contributed by atoms with Gasteiger partial charge in [-0.25, -0.2) is 9.78 Å². The Morgan fingerprint density at radius 2 is 2.14 bits per heavy atom. The minimum Gasteiger partial charge on any atom is -0.467 e. The number of hydrogen-bond donors (Lipinski definition) is 0. The number of nitrogens with zero attached hydrogens (tertiary/aromatic N) is 2. The second-order valence-electron chi connectivity index (χ2n) is 5.54. The van der Waals surface area contributed by atoms with Crippen LogP contribution < -0.4 is 0 Å². The number of imidazole rings is 1. The Hall–Kier alpha value is -1.55. The van der Waals surface area contributed by atoms with Crippen LogP contribution in [0.2, 0.25) is 0 Å². The lowest BCUT2D eigenvalue weighted by Crippen LogP contribution is -2.27. The summed E-state index contributed by atoms with van der Waals surface area (Å²) in [4.78, 5) is 16.9. The molecule has 1 atom stereocenters. The third-order valence-electron chi connectivity index (χ3n) is 3.59. The summed E-state index contributed by atoms with van der Waals surface area (Å²) in [5, 5.41) is 0. The van der Waals surface area contributed by atoms with Crippen LogP contribution in [0, 0.1) is 12.8 Å². The summed E-state index contributed by atoms with van der Waals surface area (Å²) in [6.45, 7) is 6.04. The fourth-order valence-corrected chi connectivity index (χ4v) is 2.80. The van der Waals surface area contributed by atoms with Gasteiger partial charge in [-0.15, -0.1) is 11.6 Å². The highest BCUT2D eigenvalue weighted by Gasteiger charge is 2.29. The van der Waals surface area contributed by atoms with Gasteiger partial charge in [0.2, 0.25) is 0 Å². The number of esters is 1. The fourth-order valence-electron chi connectivity index (χ4n) is 2.63. The minimum atomic E-state index is -0.388. The molecule has 0 bridgehead atoms. The zero-order valence-electron chi connectivity index (χ0n) is 12.9. The van der Waals surface area contributed by atoms with Crippen molar-refractivity contribution < 1.29 is 9.53 Å². The van der Waals surface area contributed by atoms with Crippen molar-refractivity contribution in [2.24, 2.45) is 5.92 Å². The molecule has 114 valence electrons. The fraction of sp³-hybridized carbons (Fsp3) is 0.500. The summed E-state index contributed by atoms with van der Waals surface area (Å²) in [7, 11) is 1.42. The van der Waals surface area contributed by atoms with Crippen molar-refractivity contribution in [1.82, 2.24) is 9.55 Å². The average molecular weight is 309 g/mol. The van der Waals surface area contributed by atoms with Gasteiger partial charge in [0.25, 0.3) is 0 Å². The number of rotatable bonds is 5. The molecule has 0 fully saturated rings. The highest BCUT2D eigenvalue weighted by atomic mass is 35.5. The number of benzene rings is 1. The van der Waals surface area contributed by atoms with Crippen molar-refractivity contribution in [2.75, 3.05) is 13.0 Å². The van der Waals surface area contributed by atoms with Gasteiger partial charge in [0.15, 0.2) is 0 Å². The van der Waals surface area contributed by atoms with Gasteiger partial charge in [0.05, 0.1) is 18.1 Å². The third-order valence-corrected chi connectivity index (χ3v) is 3.78. The highest BCUT2D eigenvalue weighted by molar-refractivity contribution is 6.17. The second kappa shape index (κ2) is 6.48. The number of methoxy groups -OCH3 is 1. The van der Waals surface area contributed by atoms with E-state index < -0.39 is 0 Å². The van der Waals surface area contributed by atoms with E-state index in [2.05, 4.69) is 4.98 Å². The molecule has 1 aromatic carbocycles. The van der Waals surface area contributed by atoms with Crippen molar-refractivity contribution in [2.45, 2.75) is 33.2 Å². The second-order valence-corrected chi connectivity index (χ2v) is 5.92. The standard InChI is InChI=1S/C16H21ClN2O2/c1-10(2)15(16(20)21-4)19-13-6-5-11(3)9-12(13)18-14(19)7-8-17/h5-6,9-10,15H,7-8H2,1-4H3. The van der Waals surface area contributed by atoms with E-state index in [1.165, 1.54) is 7.11 Å². The molecule has 2 aromatic rings. The van der Waals surface area contributed by atoms with Gasteiger partial charge in [0, 0.05) is 12.3 Å². The first-order valence-corrected chi connectivity index (χ1v) is 7.64. The molecule has 0 spiro atoms. The first kappa shape index (κ1) is 15.8. The van der Waals surface area contributed by atoms with Crippen molar-refractivity contribution in [3.63, 3.8) is 0 Å². The van der Waals surface area contributed by atoms with E-state index in [0.717, 1.165) is 22.4 Å². The van der Waals surface area contributed by atoms with Crippen molar-refractivity contribution in [3.8, 4) is 0 Å². The molecule has 1 heterocycles. The van der Waals surface area contributed by atoms with Gasteiger partial charge in [-0.2, -0.15) is 0 Å². The number of carbonyl (C=O) groups excluding carboxylic acids is 1. The smallest absolute Gasteiger partial charge is 0.329 e. The van der Waals surface area contributed by atoms with Crippen LogP contribution in [0.25, 0.3) is 11.0 Å². The van der Waals surface area contributed by atoms with E-state index in [-0.39, 0.29) is 17.9 Å². The van der Waals surface area contributed by atoms with Crippen LogP contribution in [-0.2, 0) is 16.0 Å². The molecular weight excluding hydrogens is 288 g/mol. The molecule has 0 aliphatic rings. The Morgan fingerprint density at radius 1 is 1.43 bits per heavy atom. The van der Waals surface area contributed by atoms with E-state index in [1.807, 2.05) is 43.5 Å². The first-order chi connectivity index (χ1) is 9.99. The molecule has 0 saturated carbocycles. The number of ether oxygens (including phenoxy) is 1. The Kier molecular flexibility index (Phi) is 4.88. The molecule has 5 heteroatoms. The lowest BCUT2D eigenvalue weighted by molar-refractivity contribution is -0.145. The average Bonchev–Trinajstić information content (AvgIpc) is 2.76. The summed E-state index contributed by atoms with van der Waals surface area (Å²) >= 11 is 5.90. The van der Waals surface area contributed by atoms with Crippen LogP contribution in [0.4, 0.5) is 0 Å². The molecule has 0 amide bonds. The normalized spacial score (nSPS) is 12.9. The third kappa shape index (κ3) is 3.05. The summed E-state index contributed by atoms with van der Waals surface area (Å²) in [5.74, 6) is 1.15. The number of halogens is 1. The summed E-state index contributed by atoms with van der Waals surface area (Å²) in [5.41, 5.74) is 2.98. The van der Waals surface area contributed by atoms with E-state index in [4.69, 9.17) is 16.3 Å². The maximum Gasteiger partial charge on any atom is 0.329 e. The number of alkyl halides is 1. The molecule has 0 aliphatic heterocycles. The Morgan fingerprint density at radius 3 is 2.71 bits per heavy atom. The largest absolute Gasteiger partial charge is 0.467 e. The Labute approximate surface area is 130 Å². The van der Waals surface area contributed by atoms with Gasteiger partial charge in [-0.1, -0.05) is 19.9 Å². The number of fused-ring (bicyclic) bond motifs is 1. The lowest BCUT2D eigenvalue weighted by atomic mass is 10.0. The van der Waals surface area contributed by atoms with Crippen molar-refractivity contribution >= 4 is 28.6 Å². The number of carbonyl (C=O) groups is 1. The maximum absolute atomic E-state index is 12.2. The molecule has 0 radical (unpaired) electrons. The van der Waals surface area contributed by atoms with Crippen LogP contribution in [0.15, 0.2) is 18.2 Å². The van der Waals surface area contributed by atoms with Crippen molar-refractivity contribution in [1.29, 1.82) is 0 Å². The first-order valence-electron chi connectivity index (χ1n) is 7.10. The zero-order chi connectivity index (χ0) is 15.6. The van der Waals surface area contributed by atoms with Crippen LogP contribution >= 0.6 is 11.6 Å². The number of aromatic nitrogens is 2. The molecular formula is C16H21ClN2O2. The number of aryl methyl sites for hydroxylation is 2. The van der Waals surface area contributed by atoms with E-state index in [0.29, 0.717) is 12.3 Å². The summed E-state index contributed by atoms with van der Waals surface area (Å²) in [6, 6.07) is 5.67. The maximum atomic E-state index is 12.2. The summed E-state index contributed by atoms with van der Waals surface area (Å²) < 4.78 is 6.96. The molecule has 0 saturated heterocycles. The van der Waals surface area contributed by atoms with Gasteiger partial charge in [-0.3, -0.25) is 0 Å². The van der Waals surface area contributed by atoms with Crippen LogP contribution in [0.1, 0.15) is 31.3 Å². The van der Waals surface area contributed by atoms with Gasteiger partial charge in [0.1, 0.15) is 11.9 Å². The predicted octanol–water partition coefficient (Wildman–Crippen LogP) is 3.50. The molecule has 21 heavy (non-hydrogen) atoms. The van der Waals surface area contributed by atoms with Crippen LogP contribution in [-0.4, -0.2) is 28.5 Å². The molecule has 2 rings (SSSR count). The summed E-state index contributed by atoms with van der Waals surface area (Å²) in [6.07, 6.45) is 0.621. The SMILES string of the molecule is COC(=O)C(C(C)C)n1c(CCCl)nc2cc(C)ccc21. The molecule has 0 aliphatic carbocycles. The zero-order valence-corrected chi connectivity index (χ0v) is 13.6. The van der Waals surface area contributed by atoms with Gasteiger partial charge < -0.3 is 9.30 Å². The molecule has 1 unspecified atom stereocenters. The van der Waals surface area contributed by atoms with Gasteiger partial charge in [-0.05, 0) is 30.5 Å². The van der Waals surface area contributed by atoms with Crippen LogP contribution in [0.3, 0.4) is 0 Å². The lowest BCUT2D eigenvalue weighted by Gasteiger charge is -2.22. The quantitative estimate of drug-likeness (QED) is 0.627. The monoisotopic (exact) mass is 308 g/mol. The van der Waals surface area contributed by atoms with Crippen molar-refractivity contribution in [3.05, 3.63) is 29.6 Å². The molecule has 1 aromatic heterocycles. The minimum absolute atomic E-state index is 0.102. The molecule has 0 N–H and O–H groups in total. The predicted molar refractivity (Wildman–Crippen MR) is 84.8 cm³/mol. The van der Waals surface area contributed by atoms with E-state index in [9.17, 15) is 4.79 Å². The van der Waals surface area contributed by atoms with E-state index in [1.54, 1.807) is 0 Å². The Balaban J connectivity index is 2.68. The molecule has 4 nitrogen and oxygen atoms in total. The Bertz CT molecular complexity index is 649. The van der Waals surface area contributed by atoms with Gasteiger partial charge >= 0.3 is 5.97 Å². The highest BCUT2D eigenvalue weighted by Crippen LogP contribution is 2.28.